The lowest BCUT2D eigenvalue weighted by Gasteiger charge is -2.39. The van der Waals surface area contributed by atoms with Crippen LogP contribution in [0.25, 0.3) is 0 Å². The molecule has 0 radical (unpaired) electrons. The van der Waals surface area contributed by atoms with E-state index in [0.717, 1.165) is 0 Å². The van der Waals surface area contributed by atoms with Gasteiger partial charge in [-0.05, 0) is 12.1 Å². The van der Waals surface area contributed by atoms with Gasteiger partial charge in [0.15, 0.2) is 0 Å². The zero-order valence-electron chi connectivity index (χ0n) is 13.4. The van der Waals surface area contributed by atoms with Gasteiger partial charge in [0.2, 0.25) is 5.91 Å². The maximum atomic E-state index is 12.7. The zero-order chi connectivity index (χ0) is 17.0. The second kappa shape index (κ2) is 7.13. The summed E-state index contributed by atoms with van der Waals surface area (Å²) < 4.78 is 9.96. The summed E-state index contributed by atoms with van der Waals surface area (Å²) >= 11 is 0. The summed E-state index contributed by atoms with van der Waals surface area (Å²) in [6.07, 6.45) is 0. The van der Waals surface area contributed by atoms with Gasteiger partial charge in [-0.3, -0.25) is 9.59 Å². The Bertz CT molecular complexity index is 616. The van der Waals surface area contributed by atoms with Crippen LogP contribution >= 0.6 is 0 Å². The molecular weight excluding hydrogens is 300 g/mol. The van der Waals surface area contributed by atoms with Crippen molar-refractivity contribution in [2.24, 2.45) is 0 Å². The average Bonchev–Trinajstić information content (AvgIpc) is 2.59. The number of carbonyl (C=O) groups is 3. The first-order chi connectivity index (χ1) is 11.0. The van der Waals surface area contributed by atoms with Crippen LogP contribution in [0.5, 0.6) is 5.75 Å². The van der Waals surface area contributed by atoms with E-state index in [2.05, 4.69) is 0 Å². The third kappa shape index (κ3) is 3.44. The summed E-state index contributed by atoms with van der Waals surface area (Å²) in [4.78, 5) is 39.3. The molecule has 1 aromatic carbocycles. The number of methoxy groups -OCH3 is 2. The molecule has 0 saturated carbocycles. The standard InChI is InChI=1S/C16H20N2O5/c1-11(19)18-9-8-17(10-13(18)16(21)23-3)15(20)12-6-4-5-7-14(12)22-2/h4-7,13H,8-10H2,1-3H3. The molecular formula is C16H20N2O5. The van der Waals surface area contributed by atoms with E-state index in [1.165, 1.54) is 26.0 Å². The number of hydrogen-bond donors (Lipinski definition) is 0. The Labute approximate surface area is 134 Å². The van der Waals surface area contributed by atoms with Crippen molar-refractivity contribution in [3.63, 3.8) is 0 Å². The molecule has 124 valence electrons. The van der Waals surface area contributed by atoms with Crippen LogP contribution in [0, 0.1) is 0 Å². The molecule has 2 rings (SSSR count). The van der Waals surface area contributed by atoms with Crippen molar-refractivity contribution in [3.05, 3.63) is 29.8 Å². The van der Waals surface area contributed by atoms with E-state index >= 15 is 0 Å². The Hall–Kier alpha value is -2.57. The second-order valence-corrected chi connectivity index (χ2v) is 5.20. The first-order valence-electron chi connectivity index (χ1n) is 7.27. The molecule has 23 heavy (non-hydrogen) atoms. The Morgan fingerprint density at radius 1 is 1.13 bits per heavy atom. The second-order valence-electron chi connectivity index (χ2n) is 5.20. The highest BCUT2D eigenvalue weighted by atomic mass is 16.5. The Morgan fingerprint density at radius 3 is 2.43 bits per heavy atom. The molecule has 1 aliphatic rings. The quantitative estimate of drug-likeness (QED) is 0.760. The molecule has 0 aromatic heterocycles. The lowest BCUT2D eigenvalue weighted by atomic mass is 10.1. The Morgan fingerprint density at radius 2 is 1.83 bits per heavy atom. The molecule has 1 heterocycles. The Kier molecular flexibility index (Phi) is 5.20. The molecule has 1 saturated heterocycles. The maximum Gasteiger partial charge on any atom is 0.330 e. The van der Waals surface area contributed by atoms with Crippen molar-refractivity contribution in [2.75, 3.05) is 33.9 Å². The summed E-state index contributed by atoms with van der Waals surface area (Å²) in [6, 6.07) is 6.12. The van der Waals surface area contributed by atoms with Crippen LogP contribution in [0.2, 0.25) is 0 Å². The van der Waals surface area contributed by atoms with Gasteiger partial charge in [0.1, 0.15) is 11.8 Å². The number of amides is 2. The number of benzene rings is 1. The minimum absolute atomic E-state index is 0.100. The molecule has 7 heteroatoms. The van der Waals surface area contributed by atoms with E-state index in [1.807, 2.05) is 0 Å². The molecule has 1 aromatic rings. The van der Waals surface area contributed by atoms with E-state index in [-0.39, 0.29) is 24.9 Å². The highest BCUT2D eigenvalue weighted by Crippen LogP contribution is 2.21. The van der Waals surface area contributed by atoms with Crippen LogP contribution in [-0.2, 0) is 14.3 Å². The summed E-state index contributed by atoms with van der Waals surface area (Å²) in [5.74, 6) is -0.511. The number of carbonyl (C=O) groups excluding carboxylic acids is 3. The van der Waals surface area contributed by atoms with E-state index in [0.29, 0.717) is 17.9 Å². The van der Waals surface area contributed by atoms with E-state index in [1.54, 1.807) is 29.2 Å². The van der Waals surface area contributed by atoms with Crippen molar-refractivity contribution in [1.29, 1.82) is 0 Å². The van der Waals surface area contributed by atoms with Crippen molar-refractivity contribution >= 4 is 17.8 Å². The van der Waals surface area contributed by atoms with E-state index < -0.39 is 12.0 Å². The van der Waals surface area contributed by atoms with Gasteiger partial charge in [-0.15, -0.1) is 0 Å². The minimum Gasteiger partial charge on any atom is -0.496 e. The summed E-state index contributed by atoms with van der Waals surface area (Å²) in [5, 5.41) is 0. The lowest BCUT2D eigenvalue weighted by molar-refractivity contribution is -0.154. The average molecular weight is 320 g/mol. The molecule has 1 fully saturated rings. The molecule has 2 amide bonds. The Balaban J connectivity index is 2.22. The van der Waals surface area contributed by atoms with Crippen LogP contribution < -0.4 is 4.74 Å². The largest absolute Gasteiger partial charge is 0.496 e. The summed E-state index contributed by atoms with van der Waals surface area (Å²) in [5.41, 5.74) is 0.426. The molecule has 1 atom stereocenters. The first kappa shape index (κ1) is 16.8. The third-order valence-corrected chi connectivity index (χ3v) is 3.88. The van der Waals surface area contributed by atoms with E-state index in [9.17, 15) is 14.4 Å². The molecule has 0 bridgehead atoms. The van der Waals surface area contributed by atoms with Crippen LogP contribution in [0.3, 0.4) is 0 Å². The van der Waals surface area contributed by atoms with Gasteiger partial charge in [-0.1, -0.05) is 12.1 Å². The molecule has 0 aliphatic carbocycles. The number of rotatable bonds is 3. The number of hydrogen-bond acceptors (Lipinski definition) is 5. The monoisotopic (exact) mass is 320 g/mol. The molecule has 0 spiro atoms. The van der Waals surface area contributed by atoms with Gasteiger partial charge in [0, 0.05) is 20.0 Å². The molecule has 1 unspecified atom stereocenters. The number of ether oxygens (including phenoxy) is 2. The van der Waals surface area contributed by atoms with Gasteiger partial charge in [0.05, 0.1) is 26.3 Å². The molecule has 7 nitrogen and oxygen atoms in total. The van der Waals surface area contributed by atoms with Crippen molar-refractivity contribution in [2.45, 2.75) is 13.0 Å². The molecule has 1 aliphatic heterocycles. The van der Waals surface area contributed by atoms with Crippen molar-refractivity contribution < 1.29 is 23.9 Å². The maximum absolute atomic E-state index is 12.7. The molecule has 0 N–H and O–H groups in total. The first-order valence-corrected chi connectivity index (χ1v) is 7.27. The number of esters is 1. The fourth-order valence-electron chi connectivity index (χ4n) is 2.67. The zero-order valence-corrected chi connectivity index (χ0v) is 13.4. The van der Waals surface area contributed by atoms with Crippen molar-refractivity contribution in [1.82, 2.24) is 9.80 Å². The lowest BCUT2D eigenvalue weighted by Crippen LogP contribution is -2.59. The topological polar surface area (TPSA) is 76.2 Å². The summed E-state index contributed by atoms with van der Waals surface area (Å²) in [7, 11) is 2.76. The minimum atomic E-state index is -0.787. The predicted molar refractivity (Wildman–Crippen MR) is 82.1 cm³/mol. The highest BCUT2D eigenvalue weighted by Gasteiger charge is 2.37. The van der Waals surface area contributed by atoms with Gasteiger partial charge in [0.25, 0.3) is 5.91 Å². The van der Waals surface area contributed by atoms with Crippen LogP contribution in [0.15, 0.2) is 24.3 Å². The van der Waals surface area contributed by atoms with Crippen LogP contribution in [-0.4, -0.2) is 67.5 Å². The van der Waals surface area contributed by atoms with Gasteiger partial charge >= 0.3 is 5.97 Å². The fourth-order valence-corrected chi connectivity index (χ4v) is 2.67. The number of nitrogens with zero attached hydrogens (tertiary/aromatic N) is 2. The van der Waals surface area contributed by atoms with Crippen LogP contribution in [0.1, 0.15) is 17.3 Å². The van der Waals surface area contributed by atoms with Gasteiger partial charge in [-0.2, -0.15) is 0 Å². The highest BCUT2D eigenvalue weighted by molar-refractivity contribution is 5.97. The van der Waals surface area contributed by atoms with Gasteiger partial charge in [-0.25, -0.2) is 4.79 Å². The summed E-state index contributed by atoms with van der Waals surface area (Å²) in [6.45, 7) is 2.14. The van der Waals surface area contributed by atoms with Crippen LogP contribution in [0.4, 0.5) is 0 Å². The number of piperazine rings is 1. The third-order valence-electron chi connectivity index (χ3n) is 3.88. The van der Waals surface area contributed by atoms with Crippen molar-refractivity contribution in [3.8, 4) is 5.75 Å². The normalized spacial score (nSPS) is 17.6. The number of para-hydroxylation sites is 1. The van der Waals surface area contributed by atoms with E-state index in [4.69, 9.17) is 9.47 Å². The predicted octanol–water partition coefficient (Wildman–Crippen LogP) is 0.541. The SMILES string of the molecule is COC(=O)C1CN(C(=O)c2ccccc2OC)CCN1C(C)=O. The van der Waals surface area contributed by atoms with Gasteiger partial charge < -0.3 is 19.3 Å². The smallest absolute Gasteiger partial charge is 0.330 e. The fraction of sp³-hybridized carbons (Fsp3) is 0.438.